The molecule has 4 rings (SSSR count). The molecule has 8 nitrogen and oxygen atoms in total. The molecule has 3 aromatic heterocycles. The standard InChI is InChI=1S/C21H18F4N8/c22-16-9-12(21(23,24)25)1-3-14(16)18-15(19-28-6-7-29-19)11-32-20(33-18)30-8-5-27-17-4-2-13(26)10-31-17/h1-4,6-7,9-11H,5,8,26H2,(H,27,31)(H,28,29)(H,30,32,33). The number of halogens is 4. The molecular formula is C21H18F4N8. The third-order valence-corrected chi connectivity index (χ3v) is 4.59. The molecule has 0 amide bonds. The number of nitrogens with zero attached hydrogens (tertiary/aromatic N) is 4. The number of aromatic nitrogens is 5. The molecule has 0 aliphatic heterocycles. The molecule has 170 valence electrons. The highest BCUT2D eigenvalue weighted by Crippen LogP contribution is 2.35. The Morgan fingerprint density at radius 3 is 2.42 bits per heavy atom. The molecule has 0 atom stereocenters. The summed E-state index contributed by atoms with van der Waals surface area (Å²) < 4.78 is 53.6. The molecule has 4 aromatic rings. The van der Waals surface area contributed by atoms with Gasteiger partial charge >= 0.3 is 6.18 Å². The normalized spacial score (nSPS) is 11.4. The van der Waals surface area contributed by atoms with Gasteiger partial charge < -0.3 is 21.4 Å². The molecule has 5 N–H and O–H groups in total. The molecule has 1 aromatic carbocycles. The quantitative estimate of drug-likeness (QED) is 0.242. The number of anilines is 3. The molecule has 0 aliphatic rings. The van der Waals surface area contributed by atoms with Gasteiger partial charge in [-0.25, -0.2) is 24.3 Å². The number of nitrogen functional groups attached to an aromatic ring is 1. The van der Waals surface area contributed by atoms with Gasteiger partial charge in [0.05, 0.1) is 28.7 Å². The van der Waals surface area contributed by atoms with Crippen LogP contribution in [0.15, 0.2) is 55.1 Å². The SMILES string of the molecule is Nc1ccc(NCCNc2ncc(-c3ncc[nH]3)c(-c3ccc(C(F)(F)F)cc3F)n2)nc1. The first kappa shape index (κ1) is 22.0. The topological polar surface area (TPSA) is 117 Å². The van der Waals surface area contributed by atoms with E-state index < -0.39 is 17.6 Å². The summed E-state index contributed by atoms with van der Waals surface area (Å²) in [6.07, 6.45) is 1.34. The fraction of sp³-hybridized carbons (Fsp3) is 0.143. The Labute approximate surface area is 185 Å². The summed E-state index contributed by atoms with van der Waals surface area (Å²) >= 11 is 0. The van der Waals surface area contributed by atoms with Crippen LogP contribution in [0, 0.1) is 5.82 Å². The minimum absolute atomic E-state index is 0.0989. The number of hydrogen-bond acceptors (Lipinski definition) is 7. The summed E-state index contributed by atoms with van der Waals surface area (Å²) in [6, 6.07) is 5.74. The van der Waals surface area contributed by atoms with Crippen LogP contribution in [0.5, 0.6) is 0 Å². The van der Waals surface area contributed by atoms with Gasteiger partial charge in [-0.2, -0.15) is 13.2 Å². The fourth-order valence-corrected chi connectivity index (χ4v) is 3.02. The molecule has 0 saturated carbocycles. The lowest BCUT2D eigenvalue weighted by molar-refractivity contribution is -0.137. The van der Waals surface area contributed by atoms with E-state index in [1.807, 2.05) is 0 Å². The van der Waals surface area contributed by atoms with Crippen molar-refractivity contribution >= 4 is 17.5 Å². The largest absolute Gasteiger partial charge is 0.416 e. The average molecular weight is 458 g/mol. The number of nitrogens with one attached hydrogen (secondary N) is 3. The Bertz CT molecular complexity index is 1220. The van der Waals surface area contributed by atoms with Crippen molar-refractivity contribution in [1.82, 2.24) is 24.9 Å². The summed E-state index contributed by atoms with van der Waals surface area (Å²) in [5.41, 5.74) is 5.39. The third-order valence-electron chi connectivity index (χ3n) is 4.59. The Hall–Kier alpha value is -4.22. The lowest BCUT2D eigenvalue weighted by Crippen LogP contribution is -2.16. The van der Waals surface area contributed by atoms with Crippen molar-refractivity contribution in [3.63, 3.8) is 0 Å². The number of alkyl halides is 3. The van der Waals surface area contributed by atoms with Crippen LogP contribution in [-0.4, -0.2) is 38.0 Å². The van der Waals surface area contributed by atoms with Crippen LogP contribution in [0.3, 0.4) is 0 Å². The zero-order valence-corrected chi connectivity index (χ0v) is 17.0. The van der Waals surface area contributed by atoms with Crippen molar-refractivity contribution in [1.29, 1.82) is 0 Å². The van der Waals surface area contributed by atoms with Crippen LogP contribution < -0.4 is 16.4 Å². The number of imidazole rings is 1. The maximum atomic E-state index is 14.7. The molecule has 0 unspecified atom stereocenters. The summed E-state index contributed by atoms with van der Waals surface area (Å²) in [5.74, 6) is 0.101. The van der Waals surface area contributed by atoms with E-state index in [-0.39, 0.29) is 17.2 Å². The van der Waals surface area contributed by atoms with Gasteiger partial charge in [0, 0.05) is 37.2 Å². The minimum Gasteiger partial charge on any atom is -0.397 e. The number of rotatable bonds is 7. The van der Waals surface area contributed by atoms with E-state index in [1.54, 1.807) is 18.3 Å². The summed E-state index contributed by atoms with van der Waals surface area (Å²) in [7, 11) is 0. The summed E-state index contributed by atoms with van der Waals surface area (Å²) in [6.45, 7) is 0.852. The number of benzene rings is 1. The number of hydrogen-bond donors (Lipinski definition) is 4. The number of pyridine rings is 1. The van der Waals surface area contributed by atoms with Crippen molar-refractivity contribution in [2.45, 2.75) is 6.18 Å². The van der Waals surface area contributed by atoms with E-state index in [0.717, 1.165) is 12.1 Å². The van der Waals surface area contributed by atoms with Gasteiger partial charge in [0.15, 0.2) is 0 Å². The van der Waals surface area contributed by atoms with Gasteiger partial charge in [-0.3, -0.25) is 0 Å². The van der Waals surface area contributed by atoms with E-state index >= 15 is 0 Å². The van der Waals surface area contributed by atoms with Crippen molar-refractivity contribution in [3.8, 4) is 22.6 Å². The monoisotopic (exact) mass is 458 g/mol. The molecule has 0 spiro atoms. The van der Waals surface area contributed by atoms with Crippen LogP contribution in [0.1, 0.15) is 5.56 Å². The lowest BCUT2D eigenvalue weighted by atomic mass is 10.0. The molecule has 0 aliphatic carbocycles. The number of H-pyrrole nitrogens is 1. The highest BCUT2D eigenvalue weighted by molar-refractivity contribution is 5.78. The van der Waals surface area contributed by atoms with Crippen LogP contribution in [0.25, 0.3) is 22.6 Å². The third kappa shape index (κ3) is 5.17. The maximum Gasteiger partial charge on any atom is 0.416 e. The first-order chi connectivity index (χ1) is 15.8. The predicted molar refractivity (Wildman–Crippen MR) is 116 cm³/mol. The van der Waals surface area contributed by atoms with E-state index in [4.69, 9.17) is 5.73 Å². The van der Waals surface area contributed by atoms with Crippen molar-refractivity contribution < 1.29 is 17.6 Å². The molecule has 0 radical (unpaired) electrons. The van der Waals surface area contributed by atoms with E-state index in [9.17, 15) is 17.6 Å². The molecule has 3 heterocycles. The van der Waals surface area contributed by atoms with Crippen LogP contribution in [0.4, 0.5) is 35.0 Å². The second-order valence-corrected chi connectivity index (χ2v) is 6.92. The lowest BCUT2D eigenvalue weighted by Gasteiger charge is -2.13. The van der Waals surface area contributed by atoms with Gasteiger partial charge in [-0.15, -0.1) is 0 Å². The zero-order valence-electron chi connectivity index (χ0n) is 17.0. The second-order valence-electron chi connectivity index (χ2n) is 6.92. The Morgan fingerprint density at radius 2 is 1.76 bits per heavy atom. The van der Waals surface area contributed by atoms with E-state index in [2.05, 4.69) is 35.6 Å². The first-order valence-corrected chi connectivity index (χ1v) is 9.74. The number of nitrogens with two attached hydrogens (primary N) is 1. The zero-order chi connectivity index (χ0) is 23.4. The molecule has 33 heavy (non-hydrogen) atoms. The van der Waals surface area contributed by atoms with Gasteiger partial charge in [-0.05, 0) is 30.3 Å². The Kier molecular flexibility index (Phi) is 6.07. The van der Waals surface area contributed by atoms with Gasteiger partial charge in [0.25, 0.3) is 0 Å². The highest BCUT2D eigenvalue weighted by Gasteiger charge is 2.31. The molecule has 0 saturated heterocycles. The Morgan fingerprint density at radius 1 is 0.939 bits per heavy atom. The minimum atomic E-state index is -4.66. The molecular weight excluding hydrogens is 440 g/mol. The fourth-order valence-electron chi connectivity index (χ4n) is 3.02. The van der Waals surface area contributed by atoms with Crippen molar-refractivity contribution in [2.75, 3.05) is 29.5 Å². The second kappa shape index (κ2) is 9.10. The molecule has 12 heteroatoms. The molecule has 0 bridgehead atoms. The molecule has 0 fully saturated rings. The van der Waals surface area contributed by atoms with E-state index in [0.29, 0.717) is 42.0 Å². The smallest absolute Gasteiger partial charge is 0.397 e. The van der Waals surface area contributed by atoms with Gasteiger partial charge in [0.1, 0.15) is 17.5 Å². The summed E-state index contributed by atoms with van der Waals surface area (Å²) in [5, 5.41) is 6.08. The highest BCUT2D eigenvalue weighted by atomic mass is 19.4. The first-order valence-electron chi connectivity index (χ1n) is 9.74. The van der Waals surface area contributed by atoms with Gasteiger partial charge in [0.2, 0.25) is 5.95 Å². The van der Waals surface area contributed by atoms with E-state index in [1.165, 1.54) is 18.6 Å². The van der Waals surface area contributed by atoms with Crippen molar-refractivity contribution in [3.05, 3.63) is 66.5 Å². The van der Waals surface area contributed by atoms with Gasteiger partial charge in [-0.1, -0.05) is 0 Å². The van der Waals surface area contributed by atoms with Crippen LogP contribution >= 0.6 is 0 Å². The summed E-state index contributed by atoms with van der Waals surface area (Å²) in [4.78, 5) is 19.7. The average Bonchev–Trinajstić information content (AvgIpc) is 3.32. The predicted octanol–water partition coefficient (Wildman–Crippen LogP) is 4.19. The van der Waals surface area contributed by atoms with Crippen LogP contribution in [-0.2, 0) is 6.18 Å². The van der Waals surface area contributed by atoms with Crippen LogP contribution in [0.2, 0.25) is 0 Å². The maximum absolute atomic E-state index is 14.7. The van der Waals surface area contributed by atoms with Crippen molar-refractivity contribution in [2.24, 2.45) is 0 Å². The number of aromatic amines is 1. The Balaban J connectivity index is 1.57.